The van der Waals surface area contributed by atoms with E-state index < -0.39 is 0 Å². The van der Waals surface area contributed by atoms with E-state index in [0.717, 1.165) is 17.6 Å². The number of ether oxygens (including phenoxy) is 1. The highest BCUT2D eigenvalue weighted by Gasteiger charge is 2.23. The van der Waals surface area contributed by atoms with Crippen molar-refractivity contribution in [3.05, 3.63) is 28.7 Å². The lowest BCUT2D eigenvalue weighted by Gasteiger charge is -2.34. The van der Waals surface area contributed by atoms with Crippen LogP contribution in [-0.4, -0.2) is 55.1 Å². The number of hydrogen-bond acceptors (Lipinski definition) is 4. The van der Waals surface area contributed by atoms with Crippen LogP contribution < -0.4 is 10.6 Å². The Labute approximate surface area is 144 Å². The molecule has 2 amide bonds. The van der Waals surface area contributed by atoms with Gasteiger partial charge in [0.2, 0.25) is 11.8 Å². The van der Waals surface area contributed by atoms with Crippen LogP contribution in [-0.2, 0) is 14.3 Å². The summed E-state index contributed by atoms with van der Waals surface area (Å²) in [5, 5.41) is 5.40. The summed E-state index contributed by atoms with van der Waals surface area (Å²) in [7, 11) is 0. The number of hydrogen-bond donors (Lipinski definition) is 2. The number of anilines is 1. The van der Waals surface area contributed by atoms with Crippen LogP contribution >= 0.6 is 15.9 Å². The summed E-state index contributed by atoms with van der Waals surface area (Å²) in [6.45, 7) is 5.66. The van der Waals surface area contributed by atoms with E-state index in [4.69, 9.17) is 4.74 Å². The van der Waals surface area contributed by atoms with Gasteiger partial charge < -0.3 is 15.4 Å². The molecule has 2 N–H and O–H groups in total. The molecule has 7 heteroatoms. The van der Waals surface area contributed by atoms with Gasteiger partial charge in [-0.05, 0) is 41.9 Å². The van der Waals surface area contributed by atoms with E-state index in [1.54, 1.807) is 6.07 Å². The van der Waals surface area contributed by atoms with Crippen molar-refractivity contribution in [2.75, 3.05) is 31.5 Å². The van der Waals surface area contributed by atoms with Gasteiger partial charge in [-0.15, -0.1) is 0 Å². The summed E-state index contributed by atoms with van der Waals surface area (Å²) in [5.74, 6) is -0.414. The highest BCUT2D eigenvalue weighted by Crippen LogP contribution is 2.20. The second kappa shape index (κ2) is 8.42. The van der Waals surface area contributed by atoms with E-state index >= 15 is 0 Å². The predicted octanol–water partition coefficient (Wildman–Crippen LogP) is 1.61. The van der Waals surface area contributed by atoms with Gasteiger partial charge in [0.25, 0.3) is 0 Å². The molecular formula is C16H22BrN3O3. The average Bonchev–Trinajstić information content (AvgIpc) is 2.46. The number of rotatable bonds is 5. The van der Waals surface area contributed by atoms with Crippen molar-refractivity contribution in [2.45, 2.75) is 26.1 Å². The first-order chi connectivity index (χ1) is 10.9. The van der Waals surface area contributed by atoms with E-state index in [1.165, 1.54) is 0 Å². The van der Waals surface area contributed by atoms with Gasteiger partial charge in [0.1, 0.15) is 0 Å². The van der Waals surface area contributed by atoms with Crippen LogP contribution in [0.3, 0.4) is 0 Å². The van der Waals surface area contributed by atoms with E-state index in [9.17, 15) is 9.59 Å². The third kappa shape index (κ3) is 5.93. The minimum Gasteiger partial charge on any atom is -0.373 e. The lowest BCUT2D eigenvalue weighted by atomic mass is 10.2. The summed E-state index contributed by atoms with van der Waals surface area (Å²) in [6.07, 6.45) is 0.232. The first-order valence-electron chi connectivity index (χ1n) is 7.63. The molecule has 0 unspecified atom stereocenters. The van der Waals surface area contributed by atoms with Crippen LogP contribution in [0.1, 0.15) is 13.8 Å². The molecule has 0 saturated carbocycles. The topological polar surface area (TPSA) is 70.7 Å². The quantitative estimate of drug-likeness (QED) is 0.810. The molecule has 1 fully saturated rings. The summed E-state index contributed by atoms with van der Waals surface area (Å²) in [5.41, 5.74) is 0.683. The molecule has 0 aliphatic carbocycles. The Morgan fingerprint density at radius 2 is 1.87 bits per heavy atom. The fraction of sp³-hybridized carbons (Fsp3) is 0.500. The monoisotopic (exact) mass is 383 g/mol. The Balaban J connectivity index is 1.73. The van der Waals surface area contributed by atoms with Crippen molar-refractivity contribution < 1.29 is 14.3 Å². The first-order valence-corrected chi connectivity index (χ1v) is 8.42. The van der Waals surface area contributed by atoms with Gasteiger partial charge in [0, 0.05) is 17.6 Å². The van der Waals surface area contributed by atoms with Crippen LogP contribution in [0.4, 0.5) is 5.69 Å². The van der Waals surface area contributed by atoms with Gasteiger partial charge >= 0.3 is 0 Å². The number of benzene rings is 1. The molecule has 1 saturated heterocycles. The van der Waals surface area contributed by atoms with Crippen LogP contribution in [0.2, 0.25) is 0 Å². The van der Waals surface area contributed by atoms with Crippen molar-refractivity contribution in [3.63, 3.8) is 0 Å². The third-order valence-corrected chi connectivity index (χ3v) is 4.15. The SMILES string of the molecule is C[C@@H]1CN(CC(=O)NCC(=O)Nc2ccccc2Br)C[C@H](C)O1. The number of amides is 2. The van der Waals surface area contributed by atoms with Crippen LogP contribution in [0, 0.1) is 0 Å². The molecule has 1 aliphatic heterocycles. The zero-order valence-corrected chi connectivity index (χ0v) is 14.9. The largest absolute Gasteiger partial charge is 0.373 e. The summed E-state index contributed by atoms with van der Waals surface area (Å²) in [6, 6.07) is 7.33. The van der Waals surface area contributed by atoms with Gasteiger partial charge in [-0.3, -0.25) is 14.5 Å². The van der Waals surface area contributed by atoms with Crippen molar-refractivity contribution in [1.29, 1.82) is 0 Å². The Morgan fingerprint density at radius 1 is 1.22 bits per heavy atom. The molecule has 1 aromatic rings. The highest BCUT2D eigenvalue weighted by molar-refractivity contribution is 9.10. The maximum atomic E-state index is 12.0. The molecule has 0 bridgehead atoms. The number of nitrogens with one attached hydrogen (secondary N) is 2. The lowest BCUT2D eigenvalue weighted by Crippen LogP contribution is -2.49. The Morgan fingerprint density at radius 3 is 2.52 bits per heavy atom. The maximum Gasteiger partial charge on any atom is 0.243 e. The van der Waals surface area contributed by atoms with Crippen molar-refractivity contribution >= 4 is 33.4 Å². The second-order valence-electron chi connectivity index (χ2n) is 5.76. The number of para-hydroxylation sites is 1. The predicted molar refractivity (Wildman–Crippen MR) is 92.2 cm³/mol. The molecule has 0 radical (unpaired) electrons. The van der Waals surface area contributed by atoms with Gasteiger partial charge in [-0.1, -0.05) is 12.1 Å². The van der Waals surface area contributed by atoms with Gasteiger partial charge in [0.15, 0.2) is 0 Å². The van der Waals surface area contributed by atoms with E-state index in [-0.39, 0.29) is 37.1 Å². The zero-order chi connectivity index (χ0) is 16.8. The second-order valence-corrected chi connectivity index (χ2v) is 6.61. The van der Waals surface area contributed by atoms with Crippen molar-refractivity contribution in [1.82, 2.24) is 10.2 Å². The van der Waals surface area contributed by atoms with E-state index in [0.29, 0.717) is 5.69 Å². The molecule has 0 spiro atoms. The number of carbonyl (C=O) groups is 2. The summed E-state index contributed by atoms with van der Waals surface area (Å²) in [4.78, 5) is 25.9. The molecule has 1 heterocycles. The number of morpholine rings is 1. The molecule has 23 heavy (non-hydrogen) atoms. The Bertz CT molecular complexity index is 557. The fourth-order valence-electron chi connectivity index (χ4n) is 2.61. The first kappa shape index (κ1) is 17.9. The maximum absolute atomic E-state index is 12.0. The minimum absolute atomic E-state index is 0.0460. The third-order valence-electron chi connectivity index (χ3n) is 3.46. The molecule has 1 aliphatic rings. The molecule has 1 aromatic carbocycles. The molecule has 126 valence electrons. The average molecular weight is 384 g/mol. The summed E-state index contributed by atoms with van der Waals surface area (Å²) < 4.78 is 6.43. The number of carbonyl (C=O) groups excluding carboxylic acids is 2. The lowest BCUT2D eigenvalue weighted by molar-refractivity contribution is -0.128. The molecular weight excluding hydrogens is 362 g/mol. The molecule has 2 rings (SSSR count). The molecule has 0 aromatic heterocycles. The van der Waals surface area contributed by atoms with Crippen molar-refractivity contribution in [3.8, 4) is 0 Å². The molecule has 2 atom stereocenters. The Hall–Kier alpha value is -1.44. The number of nitrogens with zero attached hydrogens (tertiary/aromatic N) is 1. The smallest absolute Gasteiger partial charge is 0.243 e. The zero-order valence-electron chi connectivity index (χ0n) is 13.3. The van der Waals surface area contributed by atoms with E-state index in [1.807, 2.05) is 36.9 Å². The Kier molecular flexibility index (Phi) is 6.56. The van der Waals surface area contributed by atoms with Gasteiger partial charge in [0.05, 0.1) is 31.0 Å². The van der Waals surface area contributed by atoms with Crippen LogP contribution in [0.5, 0.6) is 0 Å². The standard InChI is InChI=1S/C16H22BrN3O3/c1-11-8-20(9-12(2)23-11)10-16(22)18-7-15(21)19-14-6-4-3-5-13(14)17/h3-6,11-12H,7-10H2,1-2H3,(H,18,22)(H,19,21)/t11-,12+. The van der Waals surface area contributed by atoms with Crippen LogP contribution in [0.15, 0.2) is 28.7 Å². The highest BCUT2D eigenvalue weighted by atomic mass is 79.9. The van der Waals surface area contributed by atoms with Gasteiger partial charge in [-0.2, -0.15) is 0 Å². The van der Waals surface area contributed by atoms with Gasteiger partial charge in [-0.25, -0.2) is 0 Å². The fourth-order valence-corrected chi connectivity index (χ4v) is 2.99. The minimum atomic E-state index is -0.256. The van der Waals surface area contributed by atoms with E-state index in [2.05, 4.69) is 26.6 Å². The van der Waals surface area contributed by atoms with Crippen LogP contribution in [0.25, 0.3) is 0 Å². The van der Waals surface area contributed by atoms with Crippen molar-refractivity contribution in [2.24, 2.45) is 0 Å². The molecule has 6 nitrogen and oxygen atoms in total. The number of halogens is 1. The normalized spacial score (nSPS) is 21.7. The summed E-state index contributed by atoms with van der Waals surface area (Å²) >= 11 is 3.36.